The number of pyridine rings is 1. The molecule has 1 saturated heterocycles. The van der Waals surface area contributed by atoms with E-state index < -0.39 is 0 Å². The molecule has 0 aromatic carbocycles. The summed E-state index contributed by atoms with van der Waals surface area (Å²) in [4.78, 5) is 17.1. The standard InChI is InChI=1S/C11H14N3O.W/c12-11(15)9-3-7-14(8-4-9)10-1-5-13-6-2-10;/h1-2,5,9H,3-4,7-8H2,(H2,12,15);/q-1;+2. The van der Waals surface area contributed by atoms with Gasteiger partial charge in [0.05, 0.1) is 0 Å². The van der Waals surface area contributed by atoms with Crippen molar-refractivity contribution in [3.63, 3.8) is 0 Å². The number of aromatic nitrogens is 1. The second-order valence-corrected chi connectivity index (χ2v) is 3.81. The molecule has 0 aliphatic carbocycles. The summed E-state index contributed by atoms with van der Waals surface area (Å²) in [5, 5.41) is 0. The zero-order valence-corrected chi connectivity index (χ0v) is 11.9. The topological polar surface area (TPSA) is 59.2 Å². The van der Waals surface area contributed by atoms with Gasteiger partial charge in [-0.25, -0.2) is 0 Å². The number of hydrogen-bond donors (Lipinski definition) is 1. The Hall–Kier alpha value is -0.892. The van der Waals surface area contributed by atoms with E-state index in [4.69, 9.17) is 5.73 Å². The molecule has 5 heteroatoms. The zero-order valence-electron chi connectivity index (χ0n) is 8.93. The average molecular weight is 388 g/mol. The van der Waals surface area contributed by atoms with Gasteiger partial charge in [0.1, 0.15) is 0 Å². The van der Waals surface area contributed by atoms with Gasteiger partial charge in [0.2, 0.25) is 5.91 Å². The molecule has 2 N–H and O–H groups in total. The van der Waals surface area contributed by atoms with Crippen molar-refractivity contribution in [3.8, 4) is 0 Å². The molecule has 1 aromatic rings. The molecule has 0 spiro atoms. The van der Waals surface area contributed by atoms with Gasteiger partial charge >= 0.3 is 21.1 Å². The van der Waals surface area contributed by atoms with Gasteiger partial charge in [0.15, 0.2) is 0 Å². The van der Waals surface area contributed by atoms with Crippen molar-refractivity contribution in [1.82, 2.24) is 4.98 Å². The third-order valence-corrected chi connectivity index (χ3v) is 2.87. The van der Waals surface area contributed by atoms with E-state index in [-0.39, 0.29) is 32.9 Å². The minimum atomic E-state index is -0.170. The van der Waals surface area contributed by atoms with E-state index in [1.807, 2.05) is 12.1 Å². The van der Waals surface area contributed by atoms with Crippen molar-refractivity contribution in [3.05, 3.63) is 24.5 Å². The van der Waals surface area contributed by atoms with Crippen LogP contribution in [0.25, 0.3) is 0 Å². The van der Waals surface area contributed by atoms with Crippen molar-refractivity contribution in [2.24, 2.45) is 11.7 Å². The first-order valence-corrected chi connectivity index (χ1v) is 5.14. The number of carbonyl (C=O) groups excluding carboxylic acids is 1. The van der Waals surface area contributed by atoms with Crippen molar-refractivity contribution in [2.75, 3.05) is 18.0 Å². The van der Waals surface area contributed by atoms with Gasteiger partial charge < -0.3 is 15.6 Å². The first kappa shape index (κ1) is 13.2. The van der Waals surface area contributed by atoms with E-state index in [1.54, 1.807) is 6.20 Å². The van der Waals surface area contributed by atoms with Crippen LogP contribution in [0.4, 0.5) is 5.69 Å². The van der Waals surface area contributed by atoms with E-state index in [1.165, 1.54) is 0 Å². The summed E-state index contributed by atoms with van der Waals surface area (Å²) >= 11 is 0. The molecule has 84 valence electrons. The van der Waals surface area contributed by atoms with Crippen LogP contribution in [0.2, 0.25) is 0 Å². The fraction of sp³-hybridized carbons (Fsp3) is 0.455. The Balaban J connectivity index is 0.00000128. The van der Waals surface area contributed by atoms with E-state index in [0.29, 0.717) is 0 Å². The SMILES string of the molecule is NC(=O)C1CCN(c2c[c-]ncc2)CC1.[W+2]. The number of amides is 1. The Morgan fingerprint density at radius 1 is 1.50 bits per heavy atom. The number of nitrogens with zero attached hydrogens (tertiary/aromatic N) is 2. The molecule has 16 heavy (non-hydrogen) atoms. The Labute approximate surface area is 109 Å². The van der Waals surface area contributed by atoms with Crippen molar-refractivity contribution >= 4 is 11.6 Å². The predicted octanol–water partition coefficient (Wildman–Crippen LogP) is 0.581. The molecular formula is C11H14N3OW+. The van der Waals surface area contributed by atoms with Crippen LogP contribution in [-0.4, -0.2) is 24.0 Å². The Bertz CT molecular complexity index is 336. The molecule has 2 heterocycles. The zero-order chi connectivity index (χ0) is 10.7. The Morgan fingerprint density at radius 3 is 2.69 bits per heavy atom. The number of rotatable bonds is 2. The molecule has 1 aliphatic rings. The predicted molar refractivity (Wildman–Crippen MR) is 57.2 cm³/mol. The summed E-state index contributed by atoms with van der Waals surface area (Å²) < 4.78 is 0. The van der Waals surface area contributed by atoms with Gasteiger partial charge in [0, 0.05) is 19.0 Å². The molecule has 0 unspecified atom stereocenters. The van der Waals surface area contributed by atoms with Crippen molar-refractivity contribution in [1.29, 1.82) is 0 Å². The van der Waals surface area contributed by atoms with Crippen molar-refractivity contribution < 1.29 is 25.9 Å². The number of anilines is 1. The van der Waals surface area contributed by atoms with E-state index in [0.717, 1.165) is 31.6 Å². The quantitative estimate of drug-likeness (QED) is 0.755. The van der Waals surface area contributed by atoms with Gasteiger partial charge in [-0.2, -0.15) is 0 Å². The third kappa shape index (κ3) is 3.05. The normalized spacial score (nSPS) is 16.6. The molecular weight excluding hydrogens is 374 g/mol. The average Bonchev–Trinajstić information content (AvgIpc) is 2.30. The molecule has 1 aromatic heterocycles. The van der Waals surface area contributed by atoms with Crippen LogP contribution in [0.3, 0.4) is 0 Å². The van der Waals surface area contributed by atoms with E-state index in [9.17, 15) is 4.79 Å². The van der Waals surface area contributed by atoms with Crippen LogP contribution in [-0.2, 0) is 25.9 Å². The summed E-state index contributed by atoms with van der Waals surface area (Å²) in [7, 11) is 0. The smallest absolute Gasteiger partial charge is 0.423 e. The van der Waals surface area contributed by atoms with Crippen LogP contribution in [0.1, 0.15) is 12.8 Å². The Kier molecular flexibility index (Phi) is 4.94. The molecule has 0 radical (unpaired) electrons. The maximum Gasteiger partial charge on any atom is 2.00 e. The monoisotopic (exact) mass is 388 g/mol. The summed E-state index contributed by atoms with van der Waals surface area (Å²) in [6.45, 7) is 1.76. The first-order chi connectivity index (χ1) is 7.27. The second-order valence-electron chi connectivity index (χ2n) is 3.81. The largest absolute Gasteiger partial charge is 2.00 e. The fourth-order valence-electron chi connectivity index (χ4n) is 1.93. The molecule has 1 fully saturated rings. The maximum atomic E-state index is 11.0. The third-order valence-electron chi connectivity index (χ3n) is 2.87. The Morgan fingerprint density at radius 2 is 2.19 bits per heavy atom. The van der Waals surface area contributed by atoms with Crippen LogP contribution >= 0.6 is 0 Å². The molecule has 0 saturated carbocycles. The molecule has 4 nitrogen and oxygen atoms in total. The summed E-state index contributed by atoms with van der Waals surface area (Å²) in [5.74, 6) is -0.122. The molecule has 0 atom stereocenters. The van der Waals surface area contributed by atoms with Crippen LogP contribution in [0, 0.1) is 12.1 Å². The second kappa shape index (κ2) is 6.00. The first-order valence-electron chi connectivity index (χ1n) is 5.14. The number of primary amides is 1. The summed E-state index contributed by atoms with van der Waals surface area (Å²) in [6.07, 6.45) is 6.23. The van der Waals surface area contributed by atoms with Gasteiger partial charge in [-0.05, 0) is 12.8 Å². The van der Waals surface area contributed by atoms with Gasteiger partial charge in [0.25, 0.3) is 0 Å². The number of piperidine rings is 1. The fourth-order valence-corrected chi connectivity index (χ4v) is 1.93. The van der Waals surface area contributed by atoms with E-state index in [2.05, 4.69) is 16.1 Å². The molecule has 2 rings (SSSR count). The summed E-state index contributed by atoms with van der Waals surface area (Å²) in [6, 6.07) is 3.83. The van der Waals surface area contributed by atoms with Crippen LogP contribution in [0.15, 0.2) is 18.3 Å². The van der Waals surface area contributed by atoms with Crippen molar-refractivity contribution in [2.45, 2.75) is 12.8 Å². The molecule has 1 aliphatic heterocycles. The van der Waals surface area contributed by atoms with Crippen LogP contribution < -0.4 is 10.6 Å². The number of nitrogens with two attached hydrogens (primary N) is 1. The molecule has 0 bridgehead atoms. The minimum absolute atomic E-state index is 0. The maximum absolute atomic E-state index is 11.0. The van der Waals surface area contributed by atoms with Gasteiger partial charge in [-0.3, -0.25) is 4.79 Å². The number of hydrogen-bond acceptors (Lipinski definition) is 3. The number of carbonyl (C=O) groups is 1. The summed E-state index contributed by atoms with van der Waals surface area (Å²) in [5.41, 5.74) is 6.40. The van der Waals surface area contributed by atoms with E-state index >= 15 is 0 Å². The van der Waals surface area contributed by atoms with Gasteiger partial charge in [-0.1, -0.05) is 18.1 Å². The van der Waals surface area contributed by atoms with Crippen LogP contribution in [0.5, 0.6) is 0 Å². The molecule has 1 amide bonds. The minimum Gasteiger partial charge on any atom is -0.423 e. The van der Waals surface area contributed by atoms with Gasteiger partial charge in [-0.15, -0.1) is 12.1 Å².